The number of methoxy groups -OCH3 is 1. The molecule has 0 aliphatic carbocycles. The Bertz CT molecular complexity index is 1930. The number of fused-ring (bicyclic) bond motifs is 2. The largest absolute Gasteiger partial charge is 0.493 e. The van der Waals surface area contributed by atoms with Crippen molar-refractivity contribution in [1.82, 2.24) is 4.98 Å². The summed E-state index contributed by atoms with van der Waals surface area (Å²) in [5.74, 6) is -0.200. The third-order valence-electron chi connectivity index (χ3n) is 7.22. The molecule has 10 heteroatoms. The third kappa shape index (κ3) is 5.03. The van der Waals surface area contributed by atoms with Gasteiger partial charge in [0.05, 0.1) is 36.4 Å². The molecule has 5 aromatic rings. The molecule has 1 atom stereocenters. The van der Waals surface area contributed by atoms with Crippen molar-refractivity contribution < 1.29 is 28.2 Å². The van der Waals surface area contributed by atoms with Crippen LogP contribution in [-0.2, 0) is 11.3 Å². The minimum Gasteiger partial charge on any atom is -0.493 e. The number of esters is 1. The van der Waals surface area contributed by atoms with Gasteiger partial charge in [-0.2, -0.15) is 0 Å². The Kier molecular flexibility index (Phi) is 7.45. The van der Waals surface area contributed by atoms with E-state index in [0.717, 1.165) is 22.5 Å². The molecule has 218 valence electrons. The number of hydrogen-bond acceptors (Lipinski definition) is 9. The van der Waals surface area contributed by atoms with Crippen molar-refractivity contribution in [1.29, 1.82) is 0 Å². The Labute approximate surface area is 251 Å². The zero-order chi connectivity index (χ0) is 30.2. The van der Waals surface area contributed by atoms with Crippen LogP contribution in [0.15, 0.2) is 75.9 Å². The van der Waals surface area contributed by atoms with E-state index in [0.29, 0.717) is 40.3 Å². The van der Waals surface area contributed by atoms with Gasteiger partial charge < -0.3 is 18.6 Å². The molecule has 0 N–H and O–H groups in total. The van der Waals surface area contributed by atoms with Crippen LogP contribution in [0.25, 0.3) is 11.0 Å². The first-order chi connectivity index (χ1) is 20.8. The molecule has 3 aromatic carbocycles. The normalized spacial score (nSPS) is 14.2. The van der Waals surface area contributed by atoms with E-state index >= 15 is 0 Å². The fourth-order valence-electron chi connectivity index (χ4n) is 5.18. The van der Waals surface area contributed by atoms with Crippen LogP contribution >= 0.6 is 11.3 Å². The van der Waals surface area contributed by atoms with Crippen LogP contribution in [0.4, 0.5) is 5.13 Å². The molecule has 9 nitrogen and oxygen atoms in total. The highest BCUT2D eigenvalue weighted by molar-refractivity contribution is 7.17. The molecule has 0 saturated heterocycles. The van der Waals surface area contributed by atoms with Gasteiger partial charge in [-0.15, -0.1) is 0 Å². The highest BCUT2D eigenvalue weighted by atomic mass is 32.1. The van der Waals surface area contributed by atoms with Crippen LogP contribution in [0.5, 0.6) is 11.5 Å². The number of aromatic nitrogens is 1. The number of aryl methyl sites for hydroxylation is 2. The second-order valence-corrected chi connectivity index (χ2v) is 11.0. The Morgan fingerprint density at radius 1 is 1.02 bits per heavy atom. The SMILES string of the molecule is CCOC(=O)c1sc(N2C(=O)c3oc4ccc(C)cc4c(=O)c3C2c2ccc(OCc3ccccc3)c(OC)c2)nc1C. The summed E-state index contributed by atoms with van der Waals surface area (Å²) in [6.45, 7) is 5.81. The molecule has 1 amide bonds. The standard InChI is InChI=1S/C33H28N2O7S/c1-5-40-32(38)30-19(3)34-33(43-30)35-27(26-28(36)22-15-18(2)11-13-23(22)42-29(26)31(35)37)21-12-14-24(25(16-21)39-4)41-17-20-9-7-6-8-10-20/h6-16,27H,5,17H2,1-4H3. The van der Waals surface area contributed by atoms with E-state index in [-0.39, 0.29) is 33.4 Å². The summed E-state index contributed by atoms with van der Waals surface area (Å²) in [7, 11) is 1.53. The van der Waals surface area contributed by atoms with E-state index in [1.54, 1.807) is 44.2 Å². The van der Waals surface area contributed by atoms with Gasteiger partial charge in [-0.3, -0.25) is 14.5 Å². The molecule has 1 aliphatic rings. The first-order valence-corrected chi connectivity index (χ1v) is 14.5. The topological polar surface area (TPSA) is 108 Å². The van der Waals surface area contributed by atoms with Crippen molar-refractivity contribution in [3.8, 4) is 11.5 Å². The fourth-order valence-corrected chi connectivity index (χ4v) is 6.17. The average molecular weight is 597 g/mol. The van der Waals surface area contributed by atoms with Crippen LogP contribution in [0.1, 0.15) is 61.1 Å². The minimum absolute atomic E-state index is 0.0692. The molecule has 0 radical (unpaired) electrons. The molecule has 43 heavy (non-hydrogen) atoms. The fraction of sp³-hybridized carbons (Fsp3) is 0.212. The number of carbonyl (C=O) groups excluding carboxylic acids is 2. The second-order valence-electron chi connectivity index (χ2n) is 10.1. The summed E-state index contributed by atoms with van der Waals surface area (Å²) in [6, 6.07) is 19.4. The Balaban J connectivity index is 1.49. The number of carbonyl (C=O) groups is 2. The quantitative estimate of drug-likeness (QED) is 0.190. The van der Waals surface area contributed by atoms with Crippen LogP contribution in [-0.4, -0.2) is 30.6 Å². The molecule has 0 spiro atoms. The maximum Gasteiger partial charge on any atom is 0.350 e. The smallest absolute Gasteiger partial charge is 0.350 e. The summed E-state index contributed by atoms with van der Waals surface area (Å²) in [5.41, 5.74) is 3.06. The van der Waals surface area contributed by atoms with Crippen LogP contribution in [0.2, 0.25) is 0 Å². The van der Waals surface area contributed by atoms with E-state index in [1.165, 1.54) is 12.0 Å². The van der Waals surface area contributed by atoms with Crippen molar-refractivity contribution in [2.75, 3.05) is 18.6 Å². The van der Waals surface area contributed by atoms with Crippen molar-refractivity contribution in [3.63, 3.8) is 0 Å². The summed E-state index contributed by atoms with van der Waals surface area (Å²) < 4.78 is 23.0. The van der Waals surface area contributed by atoms with Crippen molar-refractivity contribution in [3.05, 3.63) is 116 Å². The highest BCUT2D eigenvalue weighted by Gasteiger charge is 2.45. The molecular weight excluding hydrogens is 568 g/mol. The summed E-state index contributed by atoms with van der Waals surface area (Å²) in [4.78, 5) is 46.9. The van der Waals surface area contributed by atoms with Gasteiger partial charge in [-0.25, -0.2) is 9.78 Å². The number of rotatable bonds is 8. The monoisotopic (exact) mass is 596 g/mol. The molecule has 0 saturated carbocycles. The van der Waals surface area contributed by atoms with Crippen molar-refractivity contribution in [2.45, 2.75) is 33.4 Å². The van der Waals surface area contributed by atoms with Gasteiger partial charge in [0.15, 0.2) is 22.1 Å². The number of amides is 1. The second kappa shape index (κ2) is 11.4. The zero-order valence-corrected chi connectivity index (χ0v) is 24.8. The number of ether oxygens (including phenoxy) is 3. The molecule has 2 aromatic heterocycles. The van der Waals surface area contributed by atoms with E-state index in [1.807, 2.05) is 43.3 Å². The van der Waals surface area contributed by atoms with Crippen LogP contribution < -0.4 is 19.8 Å². The van der Waals surface area contributed by atoms with Gasteiger partial charge in [0.25, 0.3) is 5.91 Å². The number of benzene rings is 3. The average Bonchev–Trinajstić information content (AvgIpc) is 3.54. The first-order valence-electron chi connectivity index (χ1n) is 13.7. The highest BCUT2D eigenvalue weighted by Crippen LogP contribution is 2.45. The van der Waals surface area contributed by atoms with Crippen LogP contribution in [0, 0.1) is 13.8 Å². The summed E-state index contributed by atoms with van der Waals surface area (Å²) >= 11 is 1.03. The van der Waals surface area contributed by atoms with E-state index in [9.17, 15) is 14.4 Å². The lowest BCUT2D eigenvalue weighted by Gasteiger charge is -2.23. The zero-order valence-electron chi connectivity index (χ0n) is 24.0. The van der Waals surface area contributed by atoms with E-state index in [2.05, 4.69) is 4.98 Å². The maximum absolute atomic E-state index is 14.0. The lowest BCUT2D eigenvalue weighted by molar-refractivity contribution is 0.0531. The molecule has 0 fully saturated rings. The summed E-state index contributed by atoms with van der Waals surface area (Å²) in [6.07, 6.45) is 0. The molecule has 1 aliphatic heterocycles. The predicted octanol–water partition coefficient (Wildman–Crippen LogP) is 6.38. The van der Waals surface area contributed by atoms with Gasteiger partial charge in [0.1, 0.15) is 17.1 Å². The van der Waals surface area contributed by atoms with Gasteiger partial charge in [0, 0.05) is 0 Å². The Morgan fingerprint density at radius 3 is 2.56 bits per heavy atom. The van der Waals surface area contributed by atoms with Gasteiger partial charge in [-0.1, -0.05) is 59.4 Å². The lowest BCUT2D eigenvalue weighted by Crippen LogP contribution is -2.29. The Hall–Kier alpha value is -4.96. The van der Waals surface area contributed by atoms with E-state index in [4.69, 9.17) is 18.6 Å². The van der Waals surface area contributed by atoms with Gasteiger partial charge >= 0.3 is 5.97 Å². The summed E-state index contributed by atoms with van der Waals surface area (Å²) in [5, 5.41) is 0.612. The van der Waals surface area contributed by atoms with Gasteiger partial charge in [-0.05, 0) is 56.2 Å². The first kappa shape index (κ1) is 28.2. The van der Waals surface area contributed by atoms with Crippen molar-refractivity contribution in [2.24, 2.45) is 0 Å². The Morgan fingerprint density at radius 2 is 1.81 bits per heavy atom. The van der Waals surface area contributed by atoms with Gasteiger partial charge in [0.2, 0.25) is 5.76 Å². The molecule has 3 heterocycles. The predicted molar refractivity (Wildman–Crippen MR) is 162 cm³/mol. The third-order valence-corrected chi connectivity index (χ3v) is 8.36. The lowest BCUT2D eigenvalue weighted by atomic mass is 9.98. The van der Waals surface area contributed by atoms with E-state index < -0.39 is 17.9 Å². The van der Waals surface area contributed by atoms with Crippen molar-refractivity contribution >= 4 is 39.3 Å². The number of nitrogens with zero attached hydrogens (tertiary/aromatic N) is 2. The maximum atomic E-state index is 14.0. The number of thiazole rings is 1. The number of anilines is 1. The number of hydrogen-bond donors (Lipinski definition) is 0. The molecule has 6 rings (SSSR count). The van der Waals surface area contributed by atoms with Crippen LogP contribution in [0.3, 0.4) is 0 Å². The molecule has 0 bridgehead atoms. The molecule has 1 unspecified atom stereocenters. The molecular formula is C33H28N2O7S. The minimum atomic E-state index is -0.902.